The predicted octanol–water partition coefficient (Wildman–Crippen LogP) is 2.92. The summed E-state index contributed by atoms with van der Waals surface area (Å²) < 4.78 is 13.0. The van der Waals surface area contributed by atoms with Crippen molar-refractivity contribution in [2.24, 2.45) is 0 Å². The fourth-order valence-corrected chi connectivity index (χ4v) is 2.85. The van der Waals surface area contributed by atoms with Crippen LogP contribution >= 0.6 is 0 Å². The number of nitrogens with one attached hydrogen (secondary N) is 3. The highest BCUT2D eigenvalue weighted by Gasteiger charge is 2.15. The van der Waals surface area contributed by atoms with Crippen LogP contribution in [0.3, 0.4) is 0 Å². The predicted molar refractivity (Wildman–Crippen MR) is 114 cm³/mol. The molecule has 0 saturated carbocycles. The van der Waals surface area contributed by atoms with Gasteiger partial charge in [0, 0.05) is 18.3 Å². The summed E-state index contributed by atoms with van der Waals surface area (Å²) in [5.74, 6) is -0.966. The van der Waals surface area contributed by atoms with Crippen LogP contribution in [0.2, 0.25) is 0 Å². The molecule has 0 bridgehead atoms. The van der Waals surface area contributed by atoms with Gasteiger partial charge in [0.05, 0.1) is 19.1 Å². The quantitative estimate of drug-likeness (QED) is 0.589. The van der Waals surface area contributed by atoms with E-state index in [-0.39, 0.29) is 42.7 Å². The van der Waals surface area contributed by atoms with E-state index in [1.54, 1.807) is 41.3 Å². The molecule has 7 nitrogen and oxygen atoms in total. The van der Waals surface area contributed by atoms with Gasteiger partial charge in [-0.15, -0.1) is 0 Å². The van der Waals surface area contributed by atoms with E-state index < -0.39 is 0 Å². The maximum Gasteiger partial charge on any atom is 0.238 e. The summed E-state index contributed by atoms with van der Waals surface area (Å²) in [5.41, 5.74) is 2.04. The first kappa shape index (κ1) is 23.0. The Morgan fingerprint density at radius 1 is 0.900 bits per heavy atom. The molecule has 0 aliphatic heterocycles. The molecule has 8 heteroatoms. The van der Waals surface area contributed by atoms with Crippen molar-refractivity contribution < 1.29 is 18.8 Å². The van der Waals surface area contributed by atoms with Crippen molar-refractivity contribution in [3.8, 4) is 0 Å². The monoisotopic (exact) mass is 414 g/mol. The van der Waals surface area contributed by atoms with Gasteiger partial charge in [0.15, 0.2) is 0 Å². The minimum absolute atomic E-state index is 0.0578. The van der Waals surface area contributed by atoms with Gasteiger partial charge < -0.3 is 16.0 Å². The maximum absolute atomic E-state index is 13.0. The number of halogens is 1. The van der Waals surface area contributed by atoms with Crippen LogP contribution in [0.4, 0.5) is 15.8 Å². The van der Waals surface area contributed by atoms with Gasteiger partial charge in [-0.25, -0.2) is 4.39 Å². The summed E-state index contributed by atoms with van der Waals surface area (Å²) in [7, 11) is 0. The molecule has 2 rings (SSSR count). The lowest BCUT2D eigenvalue weighted by Crippen LogP contribution is -2.41. The van der Waals surface area contributed by atoms with Gasteiger partial charge in [-0.2, -0.15) is 0 Å². The Kier molecular flexibility index (Phi) is 8.49. The molecule has 2 aromatic rings. The van der Waals surface area contributed by atoms with Crippen LogP contribution in [0.5, 0.6) is 0 Å². The molecule has 0 aliphatic carbocycles. The molecule has 3 amide bonds. The smallest absolute Gasteiger partial charge is 0.238 e. The zero-order chi connectivity index (χ0) is 22.1. The van der Waals surface area contributed by atoms with Crippen molar-refractivity contribution in [3.05, 3.63) is 59.9 Å². The Bertz CT molecular complexity index is 869. The number of likely N-dealkylation sites (N-methyl/N-ethyl adjacent to an activating group) is 1. The van der Waals surface area contributed by atoms with Gasteiger partial charge in [0.2, 0.25) is 17.7 Å². The average molecular weight is 414 g/mol. The van der Waals surface area contributed by atoms with Crippen LogP contribution in [0.25, 0.3) is 0 Å². The minimum atomic E-state index is -0.329. The highest BCUT2D eigenvalue weighted by molar-refractivity contribution is 5.93. The molecule has 30 heavy (non-hydrogen) atoms. The van der Waals surface area contributed by atoms with Gasteiger partial charge in [0.1, 0.15) is 5.82 Å². The Morgan fingerprint density at radius 2 is 1.43 bits per heavy atom. The summed E-state index contributed by atoms with van der Waals surface area (Å²) >= 11 is 0. The number of rotatable bonds is 9. The molecule has 3 N–H and O–H groups in total. The number of nitrogens with zero attached hydrogens (tertiary/aromatic N) is 1. The fourth-order valence-electron chi connectivity index (χ4n) is 2.85. The molecule has 0 saturated heterocycles. The summed E-state index contributed by atoms with van der Waals surface area (Å²) in [4.78, 5) is 37.4. The van der Waals surface area contributed by atoms with Gasteiger partial charge in [-0.05, 0) is 55.4 Å². The Hall–Kier alpha value is -3.26. The largest absolute Gasteiger partial charge is 0.348 e. The van der Waals surface area contributed by atoms with E-state index in [2.05, 4.69) is 16.0 Å². The van der Waals surface area contributed by atoms with Crippen LogP contribution in [0.15, 0.2) is 48.5 Å². The molecule has 0 spiro atoms. The molecule has 0 fully saturated rings. The fraction of sp³-hybridized carbons (Fsp3) is 0.318. The minimum Gasteiger partial charge on any atom is -0.348 e. The molecule has 2 aromatic carbocycles. The number of amides is 3. The second-order valence-corrected chi connectivity index (χ2v) is 6.95. The zero-order valence-electron chi connectivity index (χ0n) is 17.4. The lowest BCUT2D eigenvalue weighted by atomic mass is 10.1. The summed E-state index contributed by atoms with van der Waals surface area (Å²) in [6, 6.07) is 12.5. The van der Waals surface area contributed by atoms with Crippen molar-refractivity contribution in [1.82, 2.24) is 10.2 Å². The number of carbonyl (C=O) groups is 3. The van der Waals surface area contributed by atoms with Crippen LogP contribution in [0.1, 0.15) is 32.4 Å². The van der Waals surface area contributed by atoms with E-state index >= 15 is 0 Å². The molecular weight excluding hydrogens is 387 g/mol. The van der Waals surface area contributed by atoms with E-state index in [0.29, 0.717) is 17.9 Å². The first-order chi connectivity index (χ1) is 14.3. The highest BCUT2D eigenvalue weighted by atomic mass is 19.1. The van der Waals surface area contributed by atoms with Crippen molar-refractivity contribution in [3.63, 3.8) is 0 Å². The van der Waals surface area contributed by atoms with Gasteiger partial charge >= 0.3 is 0 Å². The van der Waals surface area contributed by atoms with Crippen molar-refractivity contribution >= 4 is 29.1 Å². The van der Waals surface area contributed by atoms with Gasteiger partial charge in [0.25, 0.3) is 0 Å². The average Bonchev–Trinajstić information content (AvgIpc) is 2.69. The van der Waals surface area contributed by atoms with Gasteiger partial charge in [-0.3, -0.25) is 19.3 Å². The normalized spacial score (nSPS) is 11.6. The van der Waals surface area contributed by atoms with Crippen LogP contribution in [0, 0.1) is 5.82 Å². The van der Waals surface area contributed by atoms with Crippen molar-refractivity contribution in [1.29, 1.82) is 0 Å². The second kappa shape index (κ2) is 11.1. The molecule has 1 unspecified atom stereocenters. The van der Waals surface area contributed by atoms with Crippen molar-refractivity contribution in [2.45, 2.75) is 26.8 Å². The molecular formula is C22H27FN4O3. The number of benzene rings is 2. The molecule has 1 atom stereocenters. The second-order valence-electron chi connectivity index (χ2n) is 6.95. The topological polar surface area (TPSA) is 90.5 Å². The summed E-state index contributed by atoms with van der Waals surface area (Å²) in [6.45, 7) is 5.75. The van der Waals surface area contributed by atoms with Gasteiger partial charge in [-0.1, -0.05) is 19.1 Å². The third-order valence-electron chi connectivity index (χ3n) is 4.42. The SMILES string of the molecule is CCN(CC(=O)Nc1ccc(NC(C)=O)cc1)CC(=O)NC(C)c1ccc(F)cc1. The standard InChI is InChI=1S/C22H27FN4O3/c1-4-27(13-21(29)24-15(2)17-5-7-18(23)8-6-17)14-22(30)26-20-11-9-19(10-12-20)25-16(3)28/h5-12,15H,4,13-14H2,1-3H3,(H,24,29)(H,25,28)(H,26,30). The molecule has 0 heterocycles. The molecule has 0 radical (unpaired) electrons. The Labute approximate surface area is 175 Å². The molecule has 0 aromatic heterocycles. The number of carbonyl (C=O) groups excluding carboxylic acids is 3. The number of hydrogen-bond donors (Lipinski definition) is 3. The van der Waals surface area contributed by atoms with E-state index in [9.17, 15) is 18.8 Å². The van der Waals surface area contributed by atoms with Crippen LogP contribution in [-0.2, 0) is 14.4 Å². The Balaban J connectivity index is 1.83. The van der Waals surface area contributed by atoms with E-state index in [1.165, 1.54) is 19.1 Å². The first-order valence-electron chi connectivity index (χ1n) is 9.71. The van der Waals surface area contributed by atoms with E-state index in [1.807, 2.05) is 13.8 Å². The molecule has 0 aliphatic rings. The Morgan fingerprint density at radius 3 is 1.97 bits per heavy atom. The highest BCUT2D eigenvalue weighted by Crippen LogP contribution is 2.14. The van der Waals surface area contributed by atoms with E-state index in [0.717, 1.165) is 5.56 Å². The van der Waals surface area contributed by atoms with Crippen LogP contribution < -0.4 is 16.0 Å². The van der Waals surface area contributed by atoms with Crippen LogP contribution in [-0.4, -0.2) is 42.3 Å². The zero-order valence-corrected chi connectivity index (χ0v) is 17.4. The van der Waals surface area contributed by atoms with Crippen molar-refractivity contribution in [2.75, 3.05) is 30.3 Å². The number of hydrogen-bond acceptors (Lipinski definition) is 4. The summed E-state index contributed by atoms with van der Waals surface area (Å²) in [6.07, 6.45) is 0. The summed E-state index contributed by atoms with van der Waals surface area (Å²) in [5, 5.41) is 8.28. The van der Waals surface area contributed by atoms with E-state index in [4.69, 9.17) is 0 Å². The lowest BCUT2D eigenvalue weighted by molar-refractivity contribution is -0.124. The third-order valence-corrected chi connectivity index (χ3v) is 4.42. The maximum atomic E-state index is 13.0. The first-order valence-corrected chi connectivity index (χ1v) is 9.71. The lowest BCUT2D eigenvalue weighted by Gasteiger charge is -2.21. The third kappa shape index (κ3) is 7.63. The number of anilines is 2. The molecule has 160 valence electrons.